The first-order valence-corrected chi connectivity index (χ1v) is 9.11. The van der Waals surface area contributed by atoms with Crippen LogP contribution in [0.2, 0.25) is 0 Å². The van der Waals surface area contributed by atoms with Crippen molar-refractivity contribution in [3.05, 3.63) is 31.0 Å². The summed E-state index contributed by atoms with van der Waals surface area (Å²) in [5.74, 6) is 0. The third kappa shape index (κ3) is 2.48. The highest BCUT2D eigenvalue weighted by atomic mass is 32.2. The Morgan fingerprint density at radius 3 is 3.00 bits per heavy atom. The molecule has 1 N–H and O–H groups in total. The standard InChI is InChI=1S/C16H17N7O2S/c1-2-26(24,25)22-9-16(10-22,4-5-17)23-8-12(7-21-23)14-13-3-6-18-15(13)20-11-19-14/h3,6-8,11H,2,4,9-10H2,1H3,(H,18,19,20)/i2D2,4D2. The zero-order valence-electron chi connectivity index (χ0n) is 17.7. The van der Waals surface area contributed by atoms with Crippen molar-refractivity contribution in [1.82, 2.24) is 29.0 Å². The first kappa shape index (κ1) is 12.6. The van der Waals surface area contributed by atoms with Crippen LogP contribution in [0.25, 0.3) is 22.3 Å². The van der Waals surface area contributed by atoms with Crippen molar-refractivity contribution in [2.75, 3.05) is 18.8 Å². The summed E-state index contributed by atoms with van der Waals surface area (Å²) >= 11 is 0. The van der Waals surface area contributed by atoms with E-state index in [1.54, 1.807) is 18.3 Å². The lowest BCUT2D eigenvalue weighted by Crippen LogP contribution is -2.64. The van der Waals surface area contributed by atoms with Gasteiger partial charge in [-0.15, -0.1) is 0 Å². The van der Waals surface area contributed by atoms with E-state index in [4.69, 9.17) is 5.48 Å². The molecule has 134 valence electrons. The minimum absolute atomic E-state index is 0.423. The van der Waals surface area contributed by atoms with Gasteiger partial charge in [0.2, 0.25) is 10.0 Å². The summed E-state index contributed by atoms with van der Waals surface area (Å²) in [4.78, 5) is 11.3. The van der Waals surface area contributed by atoms with Crippen molar-refractivity contribution in [2.45, 2.75) is 18.8 Å². The summed E-state index contributed by atoms with van der Waals surface area (Å²) in [6.07, 6.45) is 3.58. The Labute approximate surface area is 156 Å². The molecular weight excluding hydrogens is 354 g/mol. The molecule has 4 rings (SSSR count). The number of nitriles is 1. The summed E-state index contributed by atoms with van der Waals surface area (Å²) < 4.78 is 58.4. The molecule has 0 aliphatic carbocycles. The molecule has 0 aromatic carbocycles. The second kappa shape index (κ2) is 5.89. The van der Waals surface area contributed by atoms with Crippen LogP contribution in [-0.2, 0) is 15.6 Å². The first-order valence-electron chi connectivity index (χ1n) is 9.67. The van der Waals surface area contributed by atoms with Crippen LogP contribution in [0.3, 0.4) is 0 Å². The predicted molar refractivity (Wildman–Crippen MR) is 94.3 cm³/mol. The van der Waals surface area contributed by atoms with Gasteiger partial charge in [0.25, 0.3) is 0 Å². The second-order valence-electron chi connectivity index (χ2n) is 5.88. The van der Waals surface area contributed by atoms with Gasteiger partial charge in [0.15, 0.2) is 0 Å². The number of aromatic amines is 1. The lowest BCUT2D eigenvalue weighted by atomic mass is 9.89. The fraction of sp³-hybridized carbons (Fsp3) is 0.375. The molecule has 9 nitrogen and oxygen atoms in total. The smallest absolute Gasteiger partial charge is 0.213 e. The molecule has 0 radical (unpaired) electrons. The molecule has 0 bridgehead atoms. The highest BCUT2D eigenvalue weighted by molar-refractivity contribution is 7.89. The zero-order chi connectivity index (χ0) is 21.9. The summed E-state index contributed by atoms with van der Waals surface area (Å²) in [6.45, 7) is 0.0753. The third-order valence-corrected chi connectivity index (χ3v) is 5.86. The molecule has 0 unspecified atom stereocenters. The molecule has 0 saturated carbocycles. The largest absolute Gasteiger partial charge is 0.346 e. The average Bonchev–Trinajstić information content (AvgIpc) is 3.28. The Hall–Kier alpha value is -2.77. The number of sulfonamides is 1. The van der Waals surface area contributed by atoms with Crippen LogP contribution in [0.1, 0.15) is 18.8 Å². The van der Waals surface area contributed by atoms with Crippen LogP contribution >= 0.6 is 0 Å². The first-order chi connectivity index (χ1) is 13.9. The van der Waals surface area contributed by atoms with Crippen LogP contribution in [0.5, 0.6) is 0 Å². The Kier molecular flexibility index (Phi) is 2.85. The molecule has 1 aliphatic rings. The van der Waals surface area contributed by atoms with Crippen LogP contribution < -0.4 is 0 Å². The normalized spacial score (nSPS) is 20.5. The molecule has 3 aromatic heterocycles. The maximum Gasteiger partial charge on any atom is 0.213 e. The van der Waals surface area contributed by atoms with Crippen molar-refractivity contribution in [3.63, 3.8) is 0 Å². The maximum atomic E-state index is 12.4. The number of hydrogen-bond acceptors (Lipinski definition) is 6. The van der Waals surface area contributed by atoms with Crippen molar-refractivity contribution >= 4 is 21.1 Å². The van der Waals surface area contributed by atoms with Gasteiger partial charge in [-0.25, -0.2) is 18.4 Å². The monoisotopic (exact) mass is 375 g/mol. The van der Waals surface area contributed by atoms with Gasteiger partial charge < -0.3 is 4.98 Å². The Bertz CT molecular complexity index is 1270. The van der Waals surface area contributed by atoms with Gasteiger partial charge in [-0.05, 0) is 13.0 Å². The molecular formula is C16H17N7O2S. The fourth-order valence-corrected chi connectivity index (χ4v) is 4.03. The highest BCUT2D eigenvalue weighted by Crippen LogP contribution is 2.35. The molecule has 3 aromatic rings. The van der Waals surface area contributed by atoms with Gasteiger partial charge in [0, 0.05) is 41.9 Å². The number of fused-ring (bicyclic) bond motifs is 1. The third-order valence-electron chi connectivity index (χ3n) is 4.41. The summed E-state index contributed by atoms with van der Waals surface area (Å²) in [7, 11) is -4.33. The lowest BCUT2D eigenvalue weighted by molar-refractivity contribution is 0.0719. The van der Waals surface area contributed by atoms with Gasteiger partial charge in [-0.3, -0.25) is 4.68 Å². The van der Waals surface area contributed by atoms with Crippen molar-refractivity contribution < 1.29 is 13.9 Å². The van der Waals surface area contributed by atoms with Gasteiger partial charge in [0.1, 0.15) is 17.5 Å². The summed E-state index contributed by atoms with van der Waals surface area (Å²) in [6, 6.07) is 3.38. The quantitative estimate of drug-likeness (QED) is 0.713. The SMILES string of the molecule is [2H]C([2H])(C#N)C1(n2cc(-c3ncnc4[nH]ccc34)cn2)CN(S(=O)(=O)C([2H])([2H])C)C1. The van der Waals surface area contributed by atoms with E-state index in [2.05, 4.69) is 20.1 Å². The number of H-pyrrole nitrogens is 1. The van der Waals surface area contributed by atoms with E-state index in [9.17, 15) is 13.7 Å². The lowest BCUT2D eigenvalue weighted by Gasteiger charge is -2.47. The molecule has 0 atom stereocenters. The van der Waals surface area contributed by atoms with E-state index in [0.29, 0.717) is 16.9 Å². The van der Waals surface area contributed by atoms with Crippen molar-refractivity contribution in [3.8, 4) is 17.3 Å². The fourth-order valence-electron chi connectivity index (χ4n) is 3.00. The minimum Gasteiger partial charge on any atom is -0.346 e. The minimum atomic E-state index is -4.33. The summed E-state index contributed by atoms with van der Waals surface area (Å²) in [5, 5.41) is 14.3. The van der Waals surface area contributed by atoms with Gasteiger partial charge in [-0.1, -0.05) is 0 Å². The van der Waals surface area contributed by atoms with Gasteiger partial charge >= 0.3 is 0 Å². The van der Waals surface area contributed by atoms with E-state index in [0.717, 1.165) is 16.6 Å². The number of nitrogens with one attached hydrogen (secondary N) is 1. The van der Waals surface area contributed by atoms with Crippen LogP contribution in [0.4, 0.5) is 0 Å². The molecule has 0 spiro atoms. The number of rotatable bonds is 5. The Balaban J connectivity index is 1.75. The predicted octanol–water partition coefficient (Wildman–Crippen LogP) is 1.10. The molecule has 26 heavy (non-hydrogen) atoms. The molecule has 10 heteroatoms. The zero-order valence-corrected chi connectivity index (χ0v) is 14.5. The van der Waals surface area contributed by atoms with E-state index >= 15 is 0 Å². The van der Waals surface area contributed by atoms with Crippen molar-refractivity contribution in [2.24, 2.45) is 0 Å². The molecule has 0 amide bonds. The topological polar surface area (TPSA) is 121 Å². The Morgan fingerprint density at radius 2 is 2.27 bits per heavy atom. The number of hydrogen-bond donors (Lipinski definition) is 1. The summed E-state index contributed by atoms with van der Waals surface area (Å²) in [5.41, 5.74) is -2.44. The van der Waals surface area contributed by atoms with Crippen LogP contribution in [0, 0.1) is 11.3 Å². The van der Waals surface area contributed by atoms with Gasteiger partial charge in [-0.2, -0.15) is 14.7 Å². The molecule has 1 saturated heterocycles. The molecule has 4 heterocycles. The Morgan fingerprint density at radius 1 is 1.46 bits per heavy atom. The molecule has 1 fully saturated rings. The van der Waals surface area contributed by atoms with Crippen LogP contribution in [0.15, 0.2) is 31.0 Å². The van der Waals surface area contributed by atoms with Crippen molar-refractivity contribution in [1.29, 1.82) is 5.26 Å². The molecule has 1 aliphatic heterocycles. The van der Waals surface area contributed by atoms with E-state index in [-0.39, 0.29) is 0 Å². The maximum absolute atomic E-state index is 12.4. The average molecular weight is 375 g/mol. The number of nitrogens with zero attached hydrogens (tertiary/aromatic N) is 6. The van der Waals surface area contributed by atoms with E-state index in [1.807, 2.05) is 0 Å². The van der Waals surface area contributed by atoms with Crippen LogP contribution in [-0.4, -0.2) is 56.2 Å². The van der Waals surface area contributed by atoms with Gasteiger partial charge in [0.05, 0.1) is 30.0 Å². The van der Waals surface area contributed by atoms with E-state index in [1.165, 1.54) is 23.4 Å². The highest BCUT2D eigenvalue weighted by Gasteiger charge is 2.49. The van der Waals surface area contributed by atoms with E-state index < -0.39 is 40.7 Å². The number of aromatic nitrogens is 5. The second-order valence-corrected chi connectivity index (χ2v) is 7.76.